The van der Waals surface area contributed by atoms with Gasteiger partial charge in [0.1, 0.15) is 5.75 Å². The summed E-state index contributed by atoms with van der Waals surface area (Å²) in [5.74, 6) is 7.44. The van der Waals surface area contributed by atoms with Crippen molar-refractivity contribution >= 4 is 0 Å². The fourth-order valence-electron chi connectivity index (χ4n) is 3.73. The van der Waals surface area contributed by atoms with Crippen molar-refractivity contribution in [1.29, 1.82) is 0 Å². The summed E-state index contributed by atoms with van der Waals surface area (Å²) in [7, 11) is 0. The summed E-state index contributed by atoms with van der Waals surface area (Å²) in [5, 5.41) is 0. The first-order valence-electron chi connectivity index (χ1n) is 7.63. The molecule has 0 radical (unpaired) electrons. The van der Waals surface area contributed by atoms with Crippen molar-refractivity contribution in [3.05, 3.63) is 64.7 Å². The van der Waals surface area contributed by atoms with E-state index in [1.807, 2.05) is 0 Å². The van der Waals surface area contributed by atoms with Gasteiger partial charge in [0.05, 0.1) is 6.61 Å². The fourth-order valence-corrected chi connectivity index (χ4v) is 3.73. The first-order chi connectivity index (χ1) is 10.3. The minimum absolute atomic E-state index is 0.197. The molecule has 0 saturated heterocycles. The summed E-state index contributed by atoms with van der Waals surface area (Å²) in [6, 6.07) is 15.4. The Morgan fingerprint density at radius 3 is 2.52 bits per heavy atom. The molecule has 1 aliphatic heterocycles. The number of fused-ring (bicyclic) bond motifs is 2. The molecule has 4 rings (SSSR count). The Morgan fingerprint density at radius 2 is 1.81 bits per heavy atom. The first kappa shape index (κ1) is 12.9. The monoisotopic (exact) mass is 280 g/mol. The van der Waals surface area contributed by atoms with E-state index in [-0.39, 0.29) is 6.04 Å². The molecule has 0 fully saturated rings. The highest BCUT2D eigenvalue weighted by atomic mass is 16.5. The van der Waals surface area contributed by atoms with Crippen LogP contribution in [0.5, 0.6) is 5.75 Å². The Hall–Kier alpha value is -1.84. The zero-order valence-corrected chi connectivity index (χ0v) is 12.0. The Bertz CT molecular complexity index is 643. The van der Waals surface area contributed by atoms with E-state index < -0.39 is 0 Å². The molecule has 3 nitrogen and oxygen atoms in total. The van der Waals surface area contributed by atoms with E-state index in [2.05, 4.69) is 47.9 Å². The minimum atomic E-state index is 0.197. The fraction of sp³-hybridized carbons (Fsp3) is 0.333. The van der Waals surface area contributed by atoms with E-state index >= 15 is 0 Å². The molecule has 1 atom stereocenters. The topological polar surface area (TPSA) is 47.3 Å². The molecule has 108 valence electrons. The predicted molar refractivity (Wildman–Crippen MR) is 83.0 cm³/mol. The van der Waals surface area contributed by atoms with Gasteiger partial charge in [-0.05, 0) is 47.1 Å². The molecule has 0 amide bonds. The highest BCUT2D eigenvalue weighted by Crippen LogP contribution is 2.36. The van der Waals surface area contributed by atoms with Gasteiger partial charge in [-0.15, -0.1) is 0 Å². The first-order valence-corrected chi connectivity index (χ1v) is 7.63. The number of nitrogens with two attached hydrogens (primary N) is 1. The lowest BCUT2D eigenvalue weighted by Gasteiger charge is -2.23. The zero-order chi connectivity index (χ0) is 14.2. The van der Waals surface area contributed by atoms with E-state index in [1.165, 1.54) is 22.3 Å². The number of benzene rings is 2. The second-order valence-electron chi connectivity index (χ2n) is 6.05. The molecule has 0 saturated carbocycles. The number of hydrazine groups is 1. The average Bonchev–Trinajstić information content (AvgIpc) is 3.13. The third-order valence-corrected chi connectivity index (χ3v) is 4.81. The summed E-state index contributed by atoms with van der Waals surface area (Å²) >= 11 is 0. The van der Waals surface area contributed by atoms with Crippen molar-refractivity contribution in [2.75, 3.05) is 6.61 Å². The molecular formula is C18H20N2O. The van der Waals surface area contributed by atoms with Crippen LogP contribution in [0.25, 0.3) is 0 Å². The van der Waals surface area contributed by atoms with Gasteiger partial charge >= 0.3 is 0 Å². The molecule has 1 unspecified atom stereocenters. The summed E-state index contributed by atoms with van der Waals surface area (Å²) in [4.78, 5) is 0. The standard InChI is InChI=1S/C18H20N2O/c19-20-18(15-5-6-17-14(11-15)7-8-21-17)16-9-12-3-1-2-4-13(12)10-16/h1-6,11,16,18,20H,7-10,19H2. The maximum atomic E-state index is 5.88. The van der Waals surface area contributed by atoms with Crippen LogP contribution >= 0.6 is 0 Å². The molecule has 1 heterocycles. The second-order valence-corrected chi connectivity index (χ2v) is 6.05. The van der Waals surface area contributed by atoms with Crippen molar-refractivity contribution in [3.63, 3.8) is 0 Å². The quantitative estimate of drug-likeness (QED) is 0.671. The Balaban J connectivity index is 1.61. The Labute approximate surface area is 125 Å². The molecule has 2 aromatic rings. The second kappa shape index (κ2) is 5.17. The molecule has 0 aromatic heterocycles. The lowest BCUT2D eigenvalue weighted by atomic mass is 9.90. The van der Waals surface area contributed by atoms with Gasteiger partial charge in [-0.1, -0.05) is 36.4 Å². The number of hydrogen-bond donors (Lipinski definition) is 2. The predicted octanol–water partition coefficient (Wildman–Crippen LogP) is 2.54. The van der Waals surface area contributed by atoms with Gasteiger partial charge in [0.15, 0.2) is 0 Å². The maximum Gasteiger partial charge on any atom is 0.122 e. The largest absolute Gasteiger partial charge is 0.493 e. The van der Waals surface area contributed by atoms with Crippen LogP contribution < -0.4 is 16.0 Å². The van der Waals surface area contributed by atoms with E-state index in [1.54, 1.807) is 0 Å². The number of hydrogen-bond acceptors (Lipinski definition) is 3. The molecule has 2 aromatic carbocycles. The van der Waals surface area contributed by atoms with Crippen molar-refractivity contribution in [2.24, 2.45) is 11.8 Å². The molecule has 0 spiro atoms. The lowest BCUT2D eigenvalue weighted by Crippen LogP contribution is -2.34. The molecule has 2 aliphatic rings. The zero-order valence-electron chi connectivity index (χ0n) is 12.0. The Kier molecular flexibility index (Phi) is 3.17. The van der Waals surface area contributed by atoms with Crippen LogP contribution in [-0.2, 0) is 19.3 Å². The summed E-state index contributed by atoms with van der Waals surface area (Å²) in [6.45, 7) is 0.800. The minimum Gasteiger partial charge on any atom is -0.493 e. The van der Waals surface area contributed by atoms with Crippen molar-refractivity contribution in [2.45, 2.75) is 25.3 Å². The highest BCUT2D eigenvalue weighted by molar-refractivity contribution is 5.42. The van der Waals surface area contributed by atoms with Gasteiger partial charge in [-0.25, -0.2) is 0 Å². The van der Waals surface area contributed by atoms with Gasteiger partial charge in [-0.3, -0.25) is 11.3 Å². The van der Waals surface area contributed by atoms with Crippen molar-refractivity contribution in [1.82, 2.24) is 5.43 Å². The molecular weight excluding hydrogens is 260 g/mol. The molecule has 3 heteroatoms. The van der Waals surface area contributed by atoms with Gasteiger partial charge in [0.25, 0.3) is 0 Å². The van der Waals surface area contributed by atoms with Gasteiger partial charge < -0.3 is 4.74 Å². The van der Waals surface area contributed by atoms with Crippen LogP contribution in [0.4, 0.5) is 0 Å². The number of rotatable bonds is 3. The van der Waals surface area contributed by atoms with Gasteiger partial charge in [-0.2, -0.15) is 0 Å². The molecule has 1 aliphatic carbocycles. The number of nitrogens with one attached hydrogen (secondary N) is 1. The van der Waals surface area contributed by atoms with E-state index in [4.69, 9.17) is 10.6 Å². The van der Waals surface area contributed by atoms with Crippen LogP contribution in [-0.4, -0.2) is 6.61 Å². The third-order valence-electron chi connectivity index (χ3n) is 4.81. The van der Waals surface area contributed by atoms with Crippen LogP contribution in [0, 0.1) is 5.92 Å². The highest BCUT2D eigenvalue weighted by Gasteiger charge is 2.29. The normalized spacial score (nSPS) is 18.1. The smallest absolute Gasteiger partial charge is 0.122 e. The van der Waals surface area contributed by atoms with E-state index in [0.717, 1.165) is 31.6 Å². The third kappa shape index (κ3) is 2.23. The van der Waals surface area contributed by atoms with E-state index in [9.17, 15) is 0 Å². The molecule has 3 N–H and O–H groups in total. The van der Waals surface area contributed by atoms with Crippen molar-refractivity contribution < 1.29 is 4.74 Å². The van der Waals surface area contributed by atoms with Crippen LogP contribution in [0.3, 0.4) is 0 Å². The maximum absolute atomic E-state index is 5.88. The van der Waals surface area contributed by atoms with E-state index in [0.29, 0.717) is 5.92 Å². The molecule has 0 bridgehead atoms. The summed E-state index contributed by atoms with van der Waals surface area (Å²) in [6.07, 6.45) is 3.20. The molecule has 21 heavy (non-hydrogen) atoms. The van der Waals surface area contributed by atoms with Crippen LogP contribution in [0.2, 0.25) is 0 Å². The van der Waals surface area contributed by atoms with Crippen LogP contribution in [0.1, 0.15) is 28.3 Å². The average molecular weight is 280 g/mol. The van der Waals surface area contributed by atoms with Gasteiger partial charge in [0, 0.05) is 12.5 Å². The summed E-state index contributed by atoms with van der Waals surface area (Å²) in [5.41, 5.74) is 8.56. The SMILES string of the molecule is NNC(c1ccc2c(c1)CCO2)C1Cc2ccccc2C1. The number of ether oxygens (including phenoxy) is 1. The van der Waals surface area contributed by atoms with Crippen molar-refractivity contribution in [3.8, 4) is 5.75 Å². The van der Waals surface area contributed by atoms with Gasteiger partial charge in [0.2, 0.25) is 0 Å². The summed E-state index contributed by atoms with van der Waals surface area (Å²) < 4.78 is 5.59. The lowest BCUT2D eigenvalue weighted by molar-refractivity contribution is 0.356. The van der Waals surface area contributed by atoms with Crippen LogP contribution in [0.15, 0.2) is 42.5 Å². The Morgan fingerprint density at radius 1 is 1.05 bits per heavy atom.